The third-order valence-corrected chi connectivity index (χ3v) is 0.236. The molecule has 0 unspecified atom stereocenters. The van der Waals surface area contributed by atoms with Gasteiger partial charge in [-0.05, 0) is 0 Å². The van der Waals surface area contributed by atoms with Gasteiger partial charge in [-0.15, -0.1) is 0 Å². The Morgan fingerprint density at radius 1 is 0.800 bits per heavy atom. The van der Waals surface area contributed by atoms with Crippen LogP contribution in [0.4, 0.5) is 9.59 Å². The first-order chi connectivity index (χ1) is 6.54. The molecule has 13 heteroatoms. The molecule has 0 aromatic carbocycles. The predicted molar refractivity (Wildman–Crippen MR) is 42.2 cm³/mol. The van der Waals surface area contributed by atoms with Crippen molar-refractivity contribution >= 4 is 12.2 Å². The van der Waals surface area contributed by atoms with Crippen molar-refractivity contribution in [1.82, 2.24) is 10.9 Å². The number of carbonyl (C=O) groups excluding carboxylic acids is 2. The minimum atomic E-state index is -1.47. The van der Waals surface area contributed by atoms with E-state index in [0.29, 0.717) is 0 Å². The summed E-state index contributed by atoms with van der Waals surface area (Å²) in [5.74, 6) is 24.5. The number of carbonyl (C=O) groups is 2. The molecule has 0 saturated heterocycles. The average Bonchev–Trinajstić information content (AvgIpc) is 2.24. The van der Waals surface area contributed by atoms with Gasteiger partial charge in [0.1, 0.15) is 12.2 Å². The Labute approximate surface area is 95.4 Å². The summed E-state index contributed by atoms with van der Waals surface area (Å²) in [6.07, 6.45) is -2.94. The van der Waals surface area contributed by atoms with Crippen molar-refractivity contribution in [3.8, 4) is 0 Å². The molecule has 2 amide bonds. The van der Waals surface area contributed by atoms with Crippen molar-refractivity contribution in [2.24, 2.45) is 35.1 Å². The molecule has 0 bridgehead atoms. The quantitative estimate of drug-likeness (QED) is 0.117. The van der Waals surface area contributed by atoms with Crippen LogP contribution in [0.5, 0.6) is 0 Å². The molecule has 0 aliphatic carbocycles. The fourth-order valence-corrected chi connectivity index (χ4v) is 0. The molecule has 0 spiro atoms. The molecule has 0 aromatic heterocycles. The molecule has 0 rings (SSSR count). The van der Waals surface area contributed by atoms with Crippen LogP contribution in [-0.4, -0.2) is 12.2 Å². The smallest absolute Gasteiger partial charge is 0.529 e. The van der Waals surface area contributed by atoms with Crippen LogP contribution >= 0.6 is 0 Å². The Hall–Kier alpha value is -1.19. The second kappa shape index (κ2) is 38.5. The molecule has 14 N–H and O–H groups in total. The SMILES string of the molecule is NN.NN.NNC(=O)[O-].NNC(=O)[O-].[Co+2]. The minimum absolute atomic E-state index is 0. The van der Waals surface area contributed by atoms with E-state index in [4.69, 9.17) is 19.8 Å². The standard InChI is InChI=1S/2CH4N2O2.Co.2H4N2/c2*2-3-1(4)5;;2*1-2/h2*3H,2H2,(H,4,5);;2*1-2H2/q;;+2;;/p-2. The molecular formula is C2H14CoN8O4. The Morgan fingerprint density at radius 3 is 0.867 bits per heavy atom. The van der Waals surface area contributed by atoms with Gasteiger partial charge >= 0.3 is 16.8 Å². The maximum absolute atomic E-state index is 9.02. The van der Waals surface area contributed by atoms with Crippen molar-refractivity contribution in [2.45, 2.75) is 0 Å². The fraction of sp³-hybridized carbons (Fsp3) is 0. The number of rotatable bonds is 0. The van der Waals surface area contributed by atoms with Crippen LogP contribution in [0.15, 0.2) is 0 Å². The summed E-state index contributed by atoms with van der Waals surface area (Å²) in [4.78, 5) is 18.0. The Balaban J connectivity index is -0.0000000318. The number of hydrogen-bond donors (Lipinski definition) is 8. The van der Waals surface area contributed by atoms with E-state index in [0.717, 1.165) is 0 Å². The van der Waals surface area contributed by atoms with Crippen LogP contribution in [0.1, 0.15) is 0 Å². The van der Waals surface area contributed by atoms with Crippen LogP contribution in [0.3, 0.4) is 0 Å². The van der Waals surface area contributed by atoms with E-state index in [1.165, 1.54) is 10.9 Å². The van der Waals surface area contributed by atoms with Crippen molar-refractivity contribution in [3.63, 3.8) is 0 Å². The fourth-order valence-electron chi connectivity index (χ4n) is 0. The predicted octanol–water partition coefficient (Wildman–Crippen LogP) is -6.78. The molecule has 1 radical (unpaired) electrons. The molecule has 0 aliphatic rings. The van der Waals surface area contributed by atoms with Crippen molar-refractivity contribution in [2.75, 3.05) is 0 Å². The number of nitrogens with one attached hydrogen (secondary N) is 2. The number of carboxylic acid groups (broad SMARTS) is 2. The maximum Gasteiger partial charge on any atom is 2.00 e. The Morgan fingerprint density at radius 2 is 0.867 bits per heavy atom. The van der Waals surface area contributed by atoms with E-state index >= 15 is 0 Å². The third-order valence-electron chi connectivity index (χ3n) is 0.236. The van der Waals surface area contributed by atoms with Gasteiger partial charge < -0.3 is 30.7 Å². The van der Waals surface area contributed by atoms with Crippen LogP contribution in [0.2, 0.25) is 0 Å². The van der Waals surface area contributed by atoms with E-state index in [9.17, 15) is 0 Å². The van der Waals surface area contributed by atoms with Gasteiger partial charge in [0.2, 0.25) is 0 Å². The summed E-state index contributed by atoms with van der Waals surface area (Å²) >= 11 is 0. The van der Waals surface area contributed by atoms with Crippen molar-refractivity contribution in [1.29, 1.82) is 0 Å². The van der Waals surface area contributed by atoms with Crippen molar-refractivity contribution in [3.05, 3.63) is 0 Å². The molecule has 0 fully saturated rings. The normalized spacial score (nSPS) is 5.20. The van der Waals surface area contributed by atoms with Gasteiger partial charge in [-0.2, -0.15) is 0 Å². The van der Waals surface area contributed by atoms with Gasteiger partial charge in [0.05, 0.1) is 0 Å². The first kappa shape index (κ1) is 29.2. The van der Waals surface area contributed by atoms with Crippen molar-refractivity contribution < 1.29 is 36.6 Å². The monoisotopic (exact) mass is 273 g/mol. The number of nitrogens with two attached hydrogens (primary N) is 6. The summed E-state index contributed by atoms with van der Waals surface area (Å²) in [5, 5.41) is 18.0. The number of amides is 2. The zero-order valence-corrected chi connectivity index (χ0v) is 8.47. The molecule has 15 heavy (non-hydrogen) atoms. The van der Waals surface area contributed by atoms with Crippen LogP contribution < -0.4 is 56.1 Å². The number of hydrazine groups is 4. The van der Waals surface area contributed by atoms with E-state index < -0.39 is 12.2 Å². The summed E-state index contributed by atoms with van der Waals surface area (Å²) in [7, 11) is 0. The van der Waals surface area contributed by atoms with E-state index in [1.54, 1.807) is 0 Å². The van der Waals surface area contributed by atoms with Crippen LogP contribution in [0, 0.1) is 0 Å². The van der Waals surface area contributed by atoms with E-state index in [1.807, 2.05) is 0 Å². The maximum atomic E-state index is 9.02. The molecule has 95 valence electrons. The van der Waals surface area contributed by atoms with Crippen LogP contribution in [-0.2, 0) is 16.8 Å². The van der Waals surface area contributed by atoms with E-state index in [2.05, 4.69) is 35.1 Å². The van der Waals surface area contributed by atoms with Crippen LogP contribution in [0.25, 0.3) is 0 Å². The molecule has 12 nitrogen and oxygen atoms in total. The molecular weight excluding hydrogens is 259 g/mol. The Kier molecular flexibility index (Phi) is 75.0. The van der Waals surface area contributed by atoms with Gasteiger partial charge in [-0.25, -0.2) is 11.7 Å². The molecule has 0 atom stereocenters. The molecule has 0 heterocycles. The number of hydrogen-bond acceptors (Lipinski definition) is 10. The van der Waals surface area contributed by atoms with Gasteiger partial charge in [-0.3, -0.25) is 23.4 Å². The summed E-state index contributed by atoms with van der Waals surface area (Å²) in [6, 6.07) is 0. The minimum Gasteiger partial charge on any atom is -0.529 e. The second-order valence-electron chi connectivity index (χ2n) is 0.864. The third kappa shape index (κ3) is 190. The molecule has 0 aliphatic heterocycles. The second-order valence-corrected chi connectivity index (χ2v) is 0.864. The summed E-state index contributed by atoms with van der Waals surface area (Å²) in [5.41, 5.74) is 2.67. The summed E-state index contributed by atoms with van der Waals surface area (Å²) in [6.45, 7) is 0. The van der Waals surface area contributed by atoms with Gasteiger partial charge in [0.25, 0.3) is 0 Å². The zero-order valence-electron chi connectivity index (χ0n) is 7.43. The molecule has 0 saturated carbocycles. The first-order valence-electron chi connectivity index (χ1n) is 2.56. The summed E-state index contributed by atoms with van der Waals surface area (Å²) < 4.78 is 0. The Bertz CT molecular complexity index is 109. The zero-order chi connectivity index (χ0) is 12.6. The van der Waals surface area contributed by atoms with E-state index in [-0.39, 0.29) is 16.8 Å². The van der Waals surface area contributed by atoms with Gasteiger partial charge in [-0.1, -0.05) is 0 Å². The van der Waals surface area contributed by atoms with Gasteiger partial charge in [0.15, 0.2) is 0 Å². The molecule has 0 aromatic rings. The first-order valence-corrected chi connectivity index (χ1v) is 2.56. The van der Waals surface area contributed by atoms with Gasteiger partial charge in [0, 0.05) is 0 Å². The largest absolute Gasteiger partial charge is 2.00 e. The topological polar surface area (TPSA) is 260 Å². The average molecular weight is 273 g/mol.